The van der Waals surface area contributed by atoms with Gasteiger partial charge in [-0.15, -0.1) is 0 Å². The van der Waals surface area contributed by atoms with Crippen molar-refractivity contribution in [2.75, 3.05) is 34.4 Å². The molecule has 0 aliphatic carbocycles. The van der Waals surface area contributed by atoms with E-state index >= 15 is 0 Å². The number of allylic oxidation sites excluding steroid dienone is 1. The van der Waals surface area contributed by atoms with E-state index in [4.69, 9.17) is 4.74 Å². The van der Waals surface area contributed by atoms with Crippen molar-refractivity contribution >= 4 is 23.6 Å². The van der Waals surface area contributed by atoms with Crippen molar-refractivity contribution in [3.63, 3.8) is 0 Å². The molecule has 6 heteroatoms. The predicted octanol–water partition coefficient (Wildman–Crippen LogP) is 0.0680. The lowest BCUT2D eigenvalue weighted by Gasteiger charge is -2.27. The van der Waals surface area contributed by atoms with Crippen LogP contribution in [0.25, 0.3) is 5.57 Å². The Kier molecular flexibility index (Phi) is 5.32. The maximum absolute atomic E-state index is 12.7. The van der Waals surface area contributed by atoms with Crippen LogP contribution >= 0.6 is 0 Å². The summed E-state index contributed by atoms with van der Waals surface area (Å²) in [6, 6.07) is 7.17. The first-order chi connectivity index (χ1) is 12.5. The van der Waals surface area contributed by atoms with Crippen LogP contribution in [-0.2, 0) is 9.53 Å². The van der Waals surface area contributed by atoms with Gasteiger partial charge >= 0.3 is 0 Å². The first-order valence-corrected chi connectivity index (χ1v) is 8.66. The number of carbonyl (C=O) groups excluding carboxylic acids is 2. The molecule has 1 unspecified atom stereocenters. The van der Waals surface area contributed by atoms with Crippen LogP contribution in [0.4, 0.5) is 0 Å². The van der Waals surface area contributed by atoms with Gasteiger partial charge in [0.1, 0.15) is 0 Å². The fourth-order valence-corrected chi connectivity index (χ4v) is 3.20. The molecule has 0 saturated carbocycles. The van der Waals surface area contributed by atoms with Gasteiger partial charge in [0, 0.05) is 63.3 Å². The summed E-state index contributed by atoms with van der Waals surface area (Å²) in [6.45, 7) is 1.20. The summed E-state index contributed by atoms with van der Waals surface area (Å²) in [6.07, 6.45) is 6.39. The molecule has 0 aromatic heterocycles. The van der Waals surface area contributed by atoms with Gasteiger partial charge in [0.25, 0.3) is 17.9 Å². The average molecular weight is 354 g/mol. The number of fused-ring (bicyclic) bond motifs is 1. The topological polar surface area (TPSA) is 63.8 Å². The third kappa shape index (κ3) is 3.46. The van der Waals surface area contributed by atoms with Crippen LogP contribution in [-0.4, -0.2) is 68.2 Å². The molecule has 3 rings (SSSR count). The Morgan fingerprint density at radius 2 is 2.15 bits per heavy atom. The Morgan fingerprint density at radius 3 is 2.88 bits per heavy atom. The van der Waals surface area contributed by atoms with Crippen LogP contribution in [0.5, 0.6) is 0 Å². The maximum atomic E-state index is 12.7. The molecule has 0 bridgehead atoms. The standard InChI is InChI=1S/C20H23N3O3/c1-22(2)19(24)15-7-4-6-14(12-15)17-13-23(10-5-11-26-3)20(25)18-16(17)8-9-21-18/h4,6-9,12-13,18H,5,10-11H2,1-3H3/p+1. The first-order valence-electron chi connectivity index (χ1n) is 8.66. The van der Waals surface area contributed by atoms with Crippen molar-refractivity contribution < 1.29 is 19.3 Å². The molecule has 2 heterocycles. The van der Waals surface area contributed by atoms with Gasteiger partial charge in [-0.3, -0.25) is 9.59 Å². The number of rotatable bonds is 6. The highest BCUT2D eigenvalue weighted by molar-refractivity contribution is 6.02. The Balaban J connectivity index is 1.96. The van der Waals surface area contributed by atoms with E-state index in [1.54, 1.807) is 37.2 Å². The van der Waals surface area contributed by atoms with Gasteiger partial charge in [-0.1, -0.05) is 12.1 Å². The molecule has 0 fully saturated rings. The van der Waals surface area contributed by atoms with Crippen LogP contribution in [0.3, 0.4) is 0 Å². The average Bonchev–Trinajstić information content (AvgIpc) is 3.13. The van der Waals surface area contributed by atoms with Crippen molar-refractivity contribution in [3.8, 4) is 0 Å². The van der Waals surface area contributed by atoms with Crippen molar-refractivity contribution in [1.82, 2.24) is 9.80 Å². The number of methoxy groups -OCH3 is 1. The van der Waals surface area contributed by atoms with Gasteiger partial charge in [-0.2, -0.15) is 0 Å². The van der Waals surface area contributed by atoms with E-state index in [1.807, 2.05) is 36.5 Å². The number of nitrogens with zero attached hydrogens (tertiary/aromatic N) is 2. The number of hydrogen-bond acceptors (Lipinski definition) is 3. The molecule has 26 heavy (non-hydrogen) atoms. The molecule has 2 aliphatic rings. The maximum Gasteiger partial charge on any atom is 0.300 e. The Bertz CT molecular complexity index is 808. The normalized spacial score (nSPS) is 18.5. The van der Waals surface area contributed by atoms with Crippen molar-refractivity contribution in [1.29, 1.82) is 0 Å². The lowest BCUT2D eigenvalue weighted by atomic mass is 9.90. The molecule has 1 aromatic carbocycles. The summed E-state index contributed by atoms with van der Waals surface area (Å²) < 4.78 is 5.10. The second-order valence-electron chi connectivity index (χ2n) is 6.59. The molecule has 136 valence electrons. The molecular weight excluding hydrogens is 330 g/mol. The molecule has 2 aliphatic heterocycles. The Labute approximate surface area is 153 Å². The molecule has 0 spiro atoms. The molecule has 1 N–H and O–H groups in total. The molecule has 1 aromatic rings. The van der Waals surface area contributed by atoms with E-state index in [-0.39, 0.29) is 17.9 Å². The van der Waals surface area contributed by atoms with Gasteiger partial charge in [0.2, 0.25) is 0 Å². The zero-order valence-corrected chi connectivity index (χ0v) is 15.4. The highest BCUT2D eigenvalue weighted by atomic mass is 16.5. The summed E-state index contributed by atoms with van der Waals surface area (Å²) in [5.41, 5.74) is 3.45. The van der Waals surface area contributed by atoms with Crippen LogP contribution < -0.4 is 4.99 Å². The van der Waals surface area contributed by atoms with E-state index in [2.05, 4.69) is 4.99 Å². The number of ether oxygens (including phenoxy) is 1. The molecule has 6 nitrogen and oxygen atoms in total. The molecular formula is C20H24N3O3+. The Hall–Kier alpha value is -2.73. The lowest BCUT2D eigenvalue weighted by Crippen LogP contribution is -2.79. The first kappa shape index (κ1) is 18.1. The molecule has 2 amide bonds. The van der Waals surface area contributed by atoms with Gasteiger partial charge in [0.05, 0.1) is 0 Å². The van der Waals surface area contributed by atoms with Crippen molar-refractivity contribution in [2.45, 2.75) is 12.5 Å². The smallest absolute Gasteiger partial charge is 0.300 e. The number of amides is 2. The zero-order chi connectivity index (χ0) is 18.7. The van der Waals surface area contributed by atoms with Crippen LogP contribution in [0.15, 0.2) is 42.1 Å². The summed E-state index contributed by atoms with van der Waals surface area (Å²) in [4.78, 5) is 31.4. The number of benzene rings is 1. The quantitative estimate of drug-likeness (QED) is 0.736. The van der Waals surface area contributed by atoms with Gasteiger partial charge in [-0.05, 0) is 24.1 Å². The molecule has 0 saturated heterocycles. The second-order valence-corrected chi connectivity index (χ2v) is 6.59. The van der Waals surface area contributed by atoms with E-state index < -0.39 is 0 Å². The van der Waals surface area contributed by atoms with E-state index in [1.165, 1.54) is 0 Å². The SMILES string of the molecule is COCCCN1C=C(c2cccc(C(=O)N(C)C)c2)C2=CC=[NH+]C2C1=O. The minimum absolute atomic E-state index is 0.0328. The Morgan fingerprint density at radius 1 is 1.35 bits per heavy atom. The number of carbonyl (C=O) groups is 2. The van der Waals surface area contributed by atoms with Gasteiger partial charge in [0.15, 0.2) is 6.21 Å². The number of nitrogens with one attached hydrogen (secondary N) is 1. The minimum Gasteiger partial charge on any atom is -0.385 e. The van der Waals surface area contributed by atoms with Gasteiger partial charge in [-0.25, -0.2) is 4.99 Å². The lowest BCUT2D eigenvalue weighted by molar-refractivity contribution is -0.467. The van der Waals surface area contributed by atoms with E-state index in [0.717, 1.165) is 23.1 Å². The molecule has 1 atom stereocenters. The van der Waals surface area contributed by atoms with E-state index in [9.17, 15) is 9.59 Å². The summed E-state index contributed by atoms with van der Waals surface area (Å²) in [5.74, 6) is -0.0108. The monoisotopic (exact) mass is 354 g/mol. The van der Waals surface area contributed by atoms with E-state index in [0.29, 0.717) is 18.7 Å². The zero-order valence-electron chi connectivity index (χ0n) is 15.4. The fraction of sp³-hybridized carbons (Fsp3) is 0.350. The fourth-order valence-electron chi connectivity index (χ4n) is 3.20. The summed E-state index contributed by atoms with van der Waals surface area (Å²) in [7, 11) is 5.12. The summed E-state index contributed by atoms with van der Waals surface area (Å²) >= 11 is 0. The highest BCUT2D eigenvalue weighted by Crippen LogP contribution is 2.31. The van der Waals surface area contributed by atoms with Crippen LogP contribution in [0.1, 0.15) is 22.3 Å². The highest BCUT2D eigenvalue weighted by Gasteiger charge is 2.39. The molecule has 0 radical (unpaired) electrons. The minimum atomic E-state index is -0.370. The second kappa shape index (κ2) is 7.66. The largest absolute Gasteiger partial charge is 0.385 e. The summed E-state index contributed by atoms with van der Waals surface area (Å²) in [5, 5.41) is 0. The van der Waals surface area contributed by atoms with Gasteiger partial charge < -0.3 is 14.5 Å². The third-order valence-electron chi connectivity index (χ3n) is 4.54. The van der Waals surface area contributed by atoms with Crippen LogP contribution in [0.2, 0.25) is 0 Å². The third-order valence-corrected chi connectivity index (χ3v) is 4.54. The predicted molar refractivity (Wildman–Crippen MR) is 99.5 cm³/mol. The van der Waals surface area contributed by atoms with Crippen LogP contribution in [0, 0.1) is 0 Å². The van der Waals surface area contributed by atoms with Crippen molar-refractivity contribution in [3.05, 3.63) is 53.2 Å². The van der Waals surface area contributed by atoms with Crippen molar-refractivity contribution in [2.24, 2.45) is 0 Å². The number of hydrogen-bond donors (Lipinski definition) is 1.